The maximum Gasteiger partial charge on any atom is 0.307 e. The Bertz CT molecular complexity index is 725. The molecule has 0 saturated heterocycles. The number of rotatable bonds is 5. The van der Waals surface area contributed by atoms with Gasteiger partial charge in [-0.15, -0.1) is 10.2 Å². The number of aromatic nitrogens is 2. The Morgan fingerprint density at radius 1 is 1.26 bits per heavy atom. The lowest BCUT2D eigenvalue weighted by atomic mass is 10.1. The number of carbonyl (C=O) groups is 1. The molecule has 0 aliphatic carbocycles. The van der Waals surface area contributed by atoms with Crippen LogP contribution < -0.4 is 4.74 Å². The standard InChI is InChI=1S/C16H16Cl2N2O3/c1-8(2)11-7-13(19-20-16(11)18)23-15-9(3)4-10(5-12(15)17)6-14(21)22/h4-5,7-8H,6H2,1-3H3,(H,21,22). The highest BCUT2D eigenvalue weighted by molar-refractivity contribution is 6.32. The minimum absolute atomic E-state index is 0.0981. The van der Waals surface area contributed by atoms with Crippen molar-refractivity contribution in [3.63, 3.8) is 0 Å². The number of nitrogens with zero attached hydrogens (tertiary/aromatic N) is 2. The van der Waals surface area contributed by atoms with Crippen LogP contribution in [0, 0.1) is 6.92 Å². The van der Waals surface area contributed by atoms with Crippen molar-refractivity contribution in [2.24, 2.45) is 0 Å². The molecule has 0 fully saturated rings. The maximum absolute atomic E-state index is 10.8. The fourth-order valence-electron chi connectivity index (χ4n) is 2.14. The van der Waals surface area contributed by atoms with Gasteiger partial charge in [0.15, 0.2) is 10.9 Å². The molecule has 1 N–H and O–H groups in total. The predicted molar refractivity (Wildman–Crippen MR) is 88.7 cm³/mol. The number of carboxylic acids is 1. The van der Waals surface area contributed by atoms with Gasteiger partial charge in [0.25, 0.3) is 0 Å². The van der Waals surface area contributed by atoms with Crippen LogP contribution in [0.3, 0.4) is 0 Å². The Kier molecular flexibility index (Phi) is 5.44. The van der Waals surface area contributed by atoms with Crippen LogP contribution in [0.5, 0.6) is 11.6 Å². The summed E-state index contributed by atoms with van der Waals surface area (Å²) in [6.07, 6.45) is -0.0981. The Morgan fingerprint density at radius 3 is 2.52 bits per heavy atom. The summed E-state index contributed by atoms with van der Waals surface area (Å²) in [6.45, 7) is 5.77. The summed E-state index contributed by atoms with van der Waals surface area (Å²) in [6, 6.07) is 5.02. The lowest BCUT2D eigenvalue weighted by Crippen LogP contribution is -2.02. The first-order valence-corrected chi connectivity index (χ1v) is 7.75. The van der Waals surface area contributed by atoms with Gasteiger partial charge in [0.1, 0.15) is 0 Å². The number of hydrogen-bond donors (Lipinski definition) is 1. The second kappa shape index (κ2) is 7.15. The van der Waals surface area contributed by atoms with E-state index in [4.69, 9.17) is 33.0 Å². The Labute approximate surface area is 144 Å². The third-order valence-corrected chi connectivity index (χ3v) is 3.80. The minimum atomic E-state index is -0.917. The molecule has 0 aliphatic rings. The molecule has 0 saturated carbocycles. The van der Waals surface area contributed by atoms with Crippen LogP contribution in [0.1, 0.15) is 36.5 Å². The van der Waals surface area contributed by atoms with E-state index in [9.17, 15) is 4.79 Å². The predicted octanol–water partition coefficient (Wildman–Crippen LogP) is 4.63. The molecular weight excluding hydrogens is 339 g/mol. The summed E-state index contributed by atoms with van der Waals surface area (Å²) < 4.78 is 5.73. The molecule has 0 unspecified atom stereocenters. The van der Waals surface area contributed by atoms with Crippen molar-refractivity contribution in [2.75, 3.05) is 0 Å². The highest BCUT2D eigenvalue weighted by Crippen LogP contribution is 2.34. The van der Waals surface area contributed by atoms with Gasteiger partial charge in [0, 0.05) is 6.07 Å². The second-order valence-electron chi connectivity index (χ2n) is 5.48. The minimum Gasteiger partial charge on any atom is -0.481 e. The van der Waals surface area contributed by atoms with Gasteiger partial charge in [-0.25, -0.2) is 0 Å². The average molecular weight is 355 g/mol. The van der Waals surface area contributed by atoms with E-state index in [0.717, 1.165) is 11.1 Å². The molecule has 1 aromatic carbocycles. The number of hydrogen-bond acceptors (Lipinski definition) is 4. The zero-order valence-electron chi connectivity index (χ0n) is 12.9. The van der Waals surface area contributed by atoms with Gasteiger partial charge in [-0.3, -0.25) is 4.79 Å². The quantitative estimate of drug-likeness (QED) is 0.846. The maximum atomic E-state index is 10.8. The number of ether oxygens (including phenoxy) is 1. The number of halogens is 2. The van der Waals surface area contributed by atoms with Crippen LogP contribution in [0.25, 0.3) is 0 Å². The van der Waals surface area contributed by atoms with Crippen molar-refractivity contribution in [1.82, 2.24) is 10.2 Å². The third-order valence-electron chi connectivity index (χ3n) is 3.23. The van der Waals surface area contributed by atoms with Crippen LogP contribution in [0.4, 0.5) is 0 Å². The summed E-state index contributed by atoms with van der Waals surface area (Å²) in [5.41, 5.74) is 2.15. The molecule has 122 valence electrons. The highest BCUT2D eigenvalue weighted by atomic mass is 35.5. The monoisotopic (exact) mass is 354 g/mol. The second-order valence-corrected chi connectivity index (χ2v) is 6.24. The normalized spacial score (nSPS) is 10.9. The van der Waals surface area contributed by atoms with Gasteiger partial charge in [0.05, 0.1) is 11.4 Å². The van der Waals surface area contributed by atoms with Crippen molar-refractivity contribution in [1.29, 1.82) is 0 Å². The summed E-state index contributed by atoms with van der Waals surface area (Å²) >= 11 is 12.2. The summed E-state index contributed by atoms with van der Waals surface area (Å²) in [5.74, 6) is -0.0321. The molecule has 1 aromatic heterocycles. The number of benzene rings is 1. The zero-order chi connectivity index (χ0) is 17.1. The first-order chi connectivity index (χ1) is 10.8. The van der Waals surface area contributed by atoms with Crippen LogP contribution in [0.15, 0.2) is 18.2 Å². The van der Waals surface area contributed by atoms with Crippen LogP contribution >= 0.6 is 23.2 Å². The molecular formula is C16H16Cl2N2O3. The van der Waals surface area contributed by atoms with Crippen molar-refractivity contribution in [3.8, 4) is 11.6 Å². The first kappa shape index (κ1) is 17.5. The van der Waals surface area contributed by atoms with Crippen LogP contribution in [-0.4, -0.2) is 21.3 Å². The van der Waals surface area contributed by atoms with E-state index in [2.05, 4.69) is 10.2 Å². The molecule has 0 bridgehead atoms. The SMILES string of the molecule is Cc1cc(CC(=O)O)cc(Cl)c1Oc1cc(C(C)C)c(Cl)nn1. The molecule has 7 heteroatoms. The lowest BCUT2D eigenvalue weighted by molar-refractivity contribution is -0.136. The van der Waals surface area contributed by atoms with E-state index in [-0.39, 0.29) is 18.2 Å². The molecule has 2 aromatic rings. The molecule has 0 atom stereocenters. The van der Waals surface area contributed by atoms with Crippen molar-refractivity contribution < 1.29 is 14.6 Å². The first-order valence-electron chi connectivity index (χ1n) is 6.99. The third kappa shape index (κ3) is 4.33. The van der Waals surface area contributed by atoms with Gasteiger partial charge >= 0.3 is 5.97 Å². The fourth-order valence-corrected chi connectivity index (χ4v) is 2.78. The Hall–Kier alpha value is -1.85. The Balaban J connectivity index is 2.33. The fraction of sp³-hybridized carbons (Fsp3) is 0.312. The molecule has 0 aliphatic heterocycles. The van der Waals surface area contributed by atoms with E-state index < -0.39 is 5.97 Å². The van der Waals surface area contributed by atoms with Gasteiger partial charge in [-0.05, 0) is 35.6 Å². The van der Waals surface area contributed by atoms with Crippen LogP contribution in [0.2, 0.25) is 10.2 Å². The highest BCUT2D eigenvalue weighted by Gasteiger charge is 2.14. The molecule has 0 spiro atoms. The van der Waals surface area contributed by atoms with E-state index in [0.29, 0.717) is 21.5 Å². The van der Waals surface area contributed by atoms with E-state index in [1.54, 1.807) is 25.1 Å². The number of carboxylic acid groups (broad SMARTS) is 1. The molecule has 0 radical (unpaired) electrons. The van der Waals surface area contributed by atoms with Gasteiger partial charge in [-0.2, -0.15) is 0 Å². The number of aliphatic carboxylic acids is 1. The molecule has 0 amide bonds. The van der Waals surface area contributed by atoms with Gasteiger partial charge in [-0.1, -0.05) is 43.1 Å². The molecule has 5 nitrogen and oxygen atoms in total. The zero-order valence-corrected chi connectivity index (χ0v) is 14.4. The topological polar surface area (TPSA) is 72.3 Å². The summed E-state index contributed by atoms with van der Waals surface area (Å²) in [5, 5.41) is 17.3. The summed E-state index contributed by atoms with van der Waals surface area (Å²) in [4.78, 5) is 10.8. The van der Waals surface area contributed by atoms with Crippen molar-refractivity contribution in [2.45, 2.75) is 33.1 Å². The van der Waals surface area contributed by atoms with Gasteiger partial charge < -0.3 is 9.84 Å². The smallest absolute Gasteiger partial charge is 0.307 e. The largest absolute Gasteiger partial charge is 0.481 e. The van der Waals surface area contributed by atoms with Crippen LogP contribution in [-0.2, 0) is 11.2 Å². The molecule has 1 heterocycles. The van der Waals surface area contributed by atoms with Crippen molar-refractivity contribution in [3.05, 3.63) is 45.1 Å². The van der Waals surface area contributed by atoms with Crippen molar-refractivity contribution >= 4 is 29.2 Å². The van der Waals surface area contributed by atoms with E-state index >= 15 is 0 Å². The van der Waals surface area contributed by atoms with E-state index in [1.807, 2.05) is 13.8 Å². The number of aryl methyl sites for hydroxylation is 1. The molecule has 23 heavy (non-hydrogen) atoms. The van der Waals surface area contributed by atoms with E-state index in [1.165, 1.54) is 0 Å². The lowest BCUT2D eigenvalue weighted by Gasteiger charge is -2.13. The average Bonchev–Trinajstić information content (AvgIpc) is 2.43. The summed E-state index contributed by atoms with van der Waals surface area (Å²) in [7, 11) is 0. The van der Waals surface area contributed by atoms with Gasteiger partial charge in [0.2, 0.25) is 5.88 Å². The molecule has 2 rings (SSSR count). The Morgan fingerprint density at radius 2 is 1.96 bits per heavy atom.